The number of hydrogen-bond donors (Lipinski definition) is 0. The van der Waals surface area contributed by atoms with Crippen molar-refractivity contribution in [2.24, 2.45) is 11.8 Å². The van der Waals surface area contributed by atoms with Crippen LogP contribution in [0.4, 0.5) is 17.6 Å². The molecule has 2 unspecified atom stereocenters. The average Bonchev–Trinajstić information content (AvgIpc) is 2.77. The van der Waals surface area contributed by atoms with Crippen LogP contribution >= 0.6 is 0 Å². The average molecular weight is 445 g/mol. The van der Waals surface area contributed by atoms with Crippen molar-refractivity contribution >= 4 is 0 Å². The Labute approximate surface area is 184 Å². The van der Waals surface area contributed by atoms with E-state index in [1.807, 2.05) is 6.92 Å². The number of unbranched alkanes of at least 4 members (excludes halogenated alkanes) is 1. The van der Waals surface area contributed by atoms with Gasteiger partial charge in [-0.05, 0) is 36.7 Å². The largest absolute Gasteiger partial charge is 0.491 e. The van der Waals surface area contributed by atoms with Crippen molar-refractivity contribution in [3.8, 4) is 0 Å². The highest BCUT2D eigenvalue weighted by atomic mass is 19.2. The molecule has 0 radical (unpaired) electrons. The molecule has 0 aromatic rings. The SMILES string of the molecule is C=C(OCCCC)/C(F)=C(/F)C(=C)C(=C)/C(F)=C(/F)C(=C)C(C)CCC(C)CCOC. The number of rotatable bonds is 16. The minimum absolute atomic E-state index is 0.0671. The summed E-state index contributed by atoms with van der Waals surface area (Å²) in [6.07, 6.45) is 3.68. The fraction of sp³-hybridized carbons (Fsp3) is 0.520. The highest BCUT2D eigenvalue weighted by Crippen LogP contribution is 2.35. The Morgan fingerprint density at radius 3 is 1.84 bits per heavy atom. The number of methoxy groups -OCH3 is 1. The first-order valence-corrected chi connectivity index (χ1v) is 10.5. The molecular formula is C25H36F4O2. The number of ether oxygens (including phenoxy) is 2. The van der Waals surface area contributed by atoms with E-state index in [0.717, 1.165) is 19.3 Å². The van der Waals surface area contributed by atoms with Gasteiger partial charge in [0.1, 0.15) is 0 Å². The molecule has 0 aliphatic rings. The topological polar surface area (TPSA) is 18.5 Å². The maximum Gasteiger partial charge on any atom is 0.200 e. The van der Waals surface area contributed by atoms with Crippen molar-refractivity contribution in [2.75, 3.05) is 20.3 Å². The molecule has 0 fully saturated rings. The Bertz CT molecular complexity index is 719. The standard InChI is InChI=1S/C25H36F4O2/c1-9-10-14-31-21(7)25(29)24(28)20(6)19(5)23(27)22(26)18(4)17(3)12-11-16(2)13-15-30-8/h16-17H,4-7,9-15H2,1-3,8H3/b23-22-,25-24-. The van der Waals surface area contributed by atoms with Gasteiger partial charge in [-0.25, -0.2) is 13.2 Å². The number of halogens is 4. The maximum absolute atomic E-state index is 14.6. The molecule has 2 nitrogen and oxygen atoms in total. The molecule has 0 aliphatic heterocycles. The minimum Gasteiger partial charge on any atom is -0.491 e. The molecule has 0 spiro atoms. The second-order valence-electron chi connectivity index (χ2n) is 7.73. The number of hydrogen-bond acceptors (Lipinski definition) is 2. The summed E-state index contributed by atoms with van der Waals surface area (Å²) in [7, 11) is 1.63. The molecule has 0 N–H and O–H groups in total. The normalized spacial score (nSPS) is 14.8. The van der Waals surface area contributed by atoms with Gasteiger partial charge < -0.3 is 9.47 Å². The van der Waals surface area contributed by atoms with Gasteiger partial charge in [0.25, 0.3) is 0 Å². The van der Waals surface area contributed by atoms with Gasteiger partial charge in [-0.2, -0.15) is 4.39 Å². The van der Waals surface area contributed by atoms with Gasteiger partial charge in [0.15, 0.2) is 23.2 Å². The Morgan fingerprint density at radius 2 is 1.32 bits per heavy atom. The van der Waals surface area contributed by atoms with E-state index in [2.05, 4.69) is 33.2 Å². The third kappa shape index (κ3) is 9.72. The van der Waals surface area contributed by atoms with Crippen LogP contribution in [0, 0.1) is 11.8 Å². The van der Waals surface area contributed by atoms with Crippen molar-refractivity contribution in [3.63, 3.8) is 0 Å². The quantitative estimate of drug-likeness (QED) is 0.103. The summed E-state index contributed by atoms with van der Waals surface area (Å²) >= 11 is 0. The molecule has 0 bridgehead atoms. The van der Waals surface area contributed by atoms with E-state index < -0.39 is 40.2 Å². The van der Waals surface area contributed by atoms with E-state index in [0.29, 0.717) is 25.4 Å². The molecule has 2 atom stereocenters. The molecule has 6 heteroatoms. The zero-order valence-corrected chi connectivity index (χ0v) is 19.3. The first-order chi connectivity index (χ1) is 14.5. The lowest BCUT2D eigenvalue weighted by Crippen LogP contribution is -2.06. The summed E-state index contributed by atoms with van der Waals surface area (Å²) in [4.78, 5) is 0. The van der Waals surface area contributed by atoms with Crippen LogP contribution < -0.4 is 0 Å². The maximum atomic E-state index is 14.6. The Hall–Kier alpha value is -2.08. The molecule has 0 saturated heterocycles. The molecule has 31 heavy (non-hydrogen) atoms. The van der Waals surface area contributed by atoms with Crippen molar-refractivity contribution in [3.05, 3.63) is 72.1 Å². The van der Waals surface area contributed by atoms with Gasteiger partial charge in [0.05, 0.1) is 6.61 Å². The fourth-order valence-corrected chi connectivity index (χ4v) is 2.58. The van der Waals surface area contributed by atoms with Crippen LogP contribution in [0.3, 0.4) is 0 Å². The fourth-order valence-electron chi connectivity index (χ4n) is 2.58. The predicted molar refractivity (Wildman–Crippen MR) is 120 cm³/mol. The first kappa shape index (κ1) is 28.9. The van der Waals surface area contributed by atoms with Crippen LogP contribution in [0.2, 0.25) is 0 Å². The molecule has 0 saturated carbocycles. The lowest BCUT2D eigenvalue weighted by Gasteiger charge is -2.17. The second kappa shape index (κ2) is 14.8. The highest BCUT2D eigenvalue weighted by molar-refractivity contribution is 5.53. The van der Waals surface area contributed by atoms with Crippen molar-refractivity contribution in [1.82, 2.24) is 0 Å². The Kier molecular flexibility index (Phi) is 13.8. The van der Waals surface area contributed by atoms with Crippen LogP contribution in [-0.4, -0.2) is 20.3 Å². The summed E-state index contributed by atoms with van der Waals surface area (Å²) < 4.78 is 67.8. The van der Waals surface area contributed by atoms with Crippen molar-refractivity contribution in [2.45, 2.75) is 52.9 Å². The van der Waals surface area contributed by atoms with Crippen LogP contribution in [-0.2, 0) is 9.47 Å². The second-order valence-corrected chi connectivity index (χ2v) is 7.73. The summed E-state index contributed by atoms with van der Waals surface area (Å²) in [5, 5.41) is 0. The van der Waals surface area contributed by atoms with Gasteiger partial charge in [-0.1, -0.05) is 59.9 Å². The monoisotopic (exact) mass is 444 g/mol. The summed E-state index contributed by atoms with van der Waals surface area (Å²) in [6, 6.07) is 0. The molecule has 0 amide bonds. The zero-order chi connectivity index (χ0) is 24.1. The molecule has 0 rings (SSSR count). The molecule has 0 aliphatic carbocycles. The molecule has 0 aromatic heterocycles. The highest BCUT2D eigenvalue weighted by Gasteiger charge is 2.23. The van der Waals surface area contributed by atoms with E-state index in [4.69, 9.17) is 9.47 Å². The van der Waals surface area contributed by atoms with Crippen LogP contribution in [0.25, 0.3) is 0 Å². The molecule has 0 heterocycles. The van der Waals surface area contributed by atoms with E-state index in [-0.39, 0.29) is 18.1 Å². The van der Waals surface area contributed by atoms with Gasteiger partial charge in [0.2, 0.25) is 5.83 Å². The smallest absolute Gasteiger partial charge is 0.200 e. The lowest BCUT2D eigenvalue weighted by molar-refractivity contribution is 0.177. The Balaban J connectivity index is 5.21. The third-order valence-corrected chi connectivity index (χ3v) is 5.08. The minimum atomic E-state index is -1.50. The summed E-state index contributed by atoms with van der Waals surface area (Å²) in [5.74, 6) is -6.11. The van der Waals surface area contributed by atoms with E-state index in [1.54, 1.807) is 14.0 Å². The van der Waals surface area contributed by atoms with E-state index >= 15 is 0 Å². The molecule has 176 valence electrons. The van der Waals surface area contributed by atoms with Gasteiger partial charge in [-0.3, -0.25) is 0 Å². The van der Waals surface area contributed by atoms with E-state index in [9.17, 15) is 17.6 Å². The zero-order valence-electron chi connectivity index (χ0n) is 19.3. The Morgan fingerprint density at radius 1 is 0.774 bits per heavy atom. The van der Waals surface area contributed by atoms with Crippen LogP contribution in [0.1, 0.15) is 52.9 Å². The van der Waals surface area contributed by atoms with Crippen molar-refractivity contribution < 1.29 is 27.0 Å². The number of allylic oxidation sites excluding steroid dienone is 7. The molecular weight excluding hydrogens is 408 g/mol. The lowest BCUT2D eigenvalue weighted by atomic mass is 9.90. The van der Waals surface area contributed by atoms with Gasteiger partial charge >= 0.3 is 0 Å². The summed E-state index contributed by atoms with van der Waals surface area (Å²) in [6.45, 7) is 20.0. The third-order valence-electron chi connectivity index (χ3n) is 5.08. The van der Waals surface area contributed by atoms with Gasteiger partial charge in [0, 0.05) is 24.9 Å². The van der Waals surface area contributed by atoms with Gasteiger partial charge in [-0.15, -0.1) is 0 Å². The van der Waals surface area contributed by atoms with Crippen LogP contribution in [0.5, 0.6) is 0 Å². The first-order valence-electron chi connectivity index (χ1n) is 10.5. The predicted octanol–water partition coefficient (Wildman–Crippen LogP) is 8.38. The summed E-state index contributed by atoms with van der Waals surface area (Å²) in [5.41, 5.74) is -1.49. The molecule has 0 aromatic carbocycles. The van der Waals surface area contributed by atoms with E-state index in [1.165, 1.54) is 0 Å². The van der Waals surface area contributed by atoms with Crippen molar-refractivity contribution in [1.29, 1.82) is 0 Å². The van der Waals surface area contributed by atoms with Crippen LogP contribution in [0.15, 0.2) is 72.1 Å².